The van der Waals surface area contributed by atoms with Gasteiger partial charge in [-0.05, 0) is 47.9 Å². The van der Waals surface area contributed by atoms with E-state index in [1.165, 1.54) is 17.3 Å². The van der Waals surface area contributed by atoms with Crippen LogP contribution in [0, 0.1) is 0 Å². The molecule has 168 valence electrons. The quantitative estimate of drug-likeness (QED) is 0.242. The second kappa shape index (κ2) is 10.1. The predicted molar refractivity (Wildman–Crippen MR) is 123 cm³/mol. The number of nitrogens with zero attached hydrogens (tertiary/aromatic N) is 3. The zero-order chi connectivity index (χ0) is 23.2. The number of aromatic nitrogens is 2. The number of aliphatic hydroxyl groups excluding tert-OH is 1. The highest BCUT2D eigenvalue weighted by molar-refractivity contribution is 6.46. The largest absolute Gasteiger partial charge is 0.507 e. The number of amides is 1. The van der Waals surface area contributed by atoms with Gasteiger partial charge in [0.2, 0.25) is 0 Å². The highest BCUT2D eigenvalue weighted by Gasteiger charge is 2.46. The number of carbonyl (C=O) groups is 2. The second-order valence-corrected chi connectivity index (χ2v) is 7.80. The molecule has 1 aliphatic rings. The molecule has 0 spiro atoms. The van der Waals surface area contributed by atoms with Crippen LogP contribution >= 0.6 is 0 Å². The number of carbonyl (C=O) groups excluding carboxylic acids is 2. The summed E-state index contributed by atoms with van der Waals surface area (Å²) >= 11 is 0. The van der Waals surface area contributed by atoms with Gasteiger partial charge < -0.3 is 14.7 Å². The third-order valence-electron chi connectivity index (χ3n) is 5.53. The van der Waals surface area contributed by atoms with Crippen LogP contribution in [-0.4, -0.2) is 38.3 Å². The number of unbranched alkanes of at least 4 members (excludes halogenated alkanes) is 1. The first-order valence-corrected chi connectivity index (χ1v) is 10.9. The Morgan fingerprint density at radius 1 is 1.03 bits per heavy atom. The van der Waals surface area contributed by atoms with Crippen LogP contribution < -0.4 is 4.74 Å². The molecule has 3 aromatic rings. The van der Waals surface area contributed by atoms with Crippen molar-refractivity contribution in [3.63, 3.8) is 0 Å². The number of ether oxygens (including phenoxy) is 1. The summed E-state index contributed by atoms with van der Waals surface area (Å²) in [7, 11) is 0. The van der Waals surface area contributed by atoms with Crippen molar-refractivity contribution < 1.29 is 19.4 Å². The minimum Gasteiger partial charge on any atom is -0.507 e. The molecule has 1 aliphatic heterocycles. The molecule has 3 heterocycles. The molecule has 1 amide bonds. The summed E-state index contributed by atoms with van der Waals surface area (Å²) in [6.07, 6.45) is 8.35. The van der Waals surface area contributed by atoms with Crippen LogP contribution in [0.1, 0.15) is 42.5 Å². The van der Waals surface area contributed by atoms with Crippen molar-refractivity contribution in [2.24, 2.45) is 0 Å². The lowest BCUT2D eigenvalue weighted by Crippen LogP contribution is -2.29. The lowest BCUT2D eigenvalue weighted by atomic mass is 9.95. The SMILES string of the molecule is CCCCOc1ccc(C2/C(=C(\O)c3ccncc3)C(=O)C(=O)N2Cc2cccnc2)cc1. The first-order valence-electron chi connectivity index (χ1n) is 10.9. The zero-order valence-corrected chi connectivity index (χ0v) is 18.3. The number of hydrogen-bond acceptors (Lipinski definition) is 6. The number of aliphatic hydroxyl groups is 1. The first-order chi connectivity index (χ1) is 16.1. The summed E-state index contributed by atoms with van der Waals surface area (Å²) in [5, 5.41) is 11.0. The number of pyridine rings is 2. The second-order valence-electron chi connectivity index (χ2n) is 7.80. The van der Waals surface area contributed by atoms with Crippen LogP contribution in [0.2, 0.25) is 0 Å². The van der Waals surface area contributed by atoms with E-state index in [1.807, 2.05) is 30.3 Å². The van der Waals surface area contributed by atoms with Crippen molar-refractivity contribution in [2.45, 2.75) is 32.4 Å². The molecule has 4 rings (SSSR count). The molecule has 1 atom stereocenters. The van der Waals surface area contributed by atoms with Gasteiger partial charge in [0, 0.05) is 36.9 Å². The zero-order valence-electron chi connectivity index (χ0n) is 18.3. The van der Waals surface area contributed by atoms with Crippen LogP contribution in [0.15, 0.2) is 78.9 Å². The third-order valence-corrected chi connectivity index (χ3v) is 5.53. The van der Waals surface area contributed by atoms with Crippen molar-refractivity contribution in [3.05, 3.63) is 95.6 Å². The van der Waals surface area contributed by atoms with Crippen molar-refractivity contribution in [1.29, 1.82) is 0 Å². The summed E-state index contributed by atoms with van der Waals surface area (Å²) in [6.45, 7) is 2.91. The Bertz CT molecular complexity index is 1150. The number of Topliss-reactive ketones (excluding diaryl/α,β-unsaturated/α-hetero) is 1. The summed E-state index contributed by atoms with van der Waals surface area (Å²) < 4.78 is 5.75. The molecule has 7 heteroatoms. The van der Waals surface area contributed by atoms with Crippen LogP contribution in [0.5, 0.6) is 5.75 Å². The van der Waals surface area contributed by atoms with E-state index in [0.717, 1.165) is 18.4 Å². The fraction of sp³-hybridized carbons (Fsp3) is 0.231. The average Bonchev–Trinajstić information content (AvgIpc) is 3.10. The van der Waals surface area contributed by atoms with Crippen LogP contribution in [0.4, 0.5) is 0 Å². The lowest BCUT2D eigenvalue weighted by molar-refractivity contribution is -0.140. The topological polar surface area (TPSA) is 92.6 Å². The maximum atomic E-state index is 13.1. The Kier molecular flexibility index (Phi) is 6.78. The molecule has 1 fully saturated rings. The standard InChI is InChI=1S/C26H25N3O4/c1-2-3-15-33-21-8-6-19(7-9-21)23-22(24(30)20-10-13-27-14-11-20)25(31)26(32)29(23)17-18-5-4-12-28-16-18/h4-14,16,23,30H,2-3,15,17H2,1H3/b24-22+. The van der Waals surface area contributed by atoms with Crippen molar-refractivity contribution in [2.75, 3.05) is 6.61 Å². The Morgan fingerprint density at radius 3 is 2.45 bits per heavy atom. The smallest absolute Gasteiger partial charge is 0.295 e. The van der Waals surface area contributed by atoms with E-state index in [4.69, 9.17) is 4.74 Å². The number of rotatable bonds is 8. The van der Waals surface area contributed by atoms with Crippen LogP contribution in [-0.2, 0) is 16.1 Å². The Hall–Kier alpha value is -4.00. The average molecular weight is 444 g/mol. The highest BCUT2D eigenvalue weighted by atomic mass is 16.5. The fourth-order valence-electron chi connectivity index (χ4n) is 3.82. The number of hydrogen-bond donors (Lipinski definition) is 1. The summed E-state index contributed by atoms with van der Waals surface area (Å²) in [5.74, 6) is -0.896. The van der Waals surface area contributed by atoms with Crippen molar-refractivity contribution in [3.8, 4) is 5.75 Å². The molecule has 1 N–H and O–H groups in total. The van der Waals surface area contributed by atoms with E-state index in [9.17, 15) is 14.7 Å². The van der Waals surface area contributed by atoms with Gasteiger partial charge in [0.15, 0.2) is 0 Å². The monoisotopic (exact) mass is 443 g/mol. The maximum absolute atomic E-state index is 13.1. The lowest BCUT2D eigenvalue weighted by Gasteiger charge is -2.25. The highest BCUT2D eigenvalue weighted by Crippen LogP contribution is 2.40. The number of benzene rings is 1. The Labute approximate surface area is 192 Å². The van der Waals surface area contributed by atoms with E-state index in [2.05, 4.69) is 16.9 Å². The van der Waals surface area contributed by atoms with Gasteiger partial charge in [0.05, 0.1) is 18.2 Å². The molecule has 1 saturated heterocycles. The van der Waals surface area contributed by atoms with E-state index in [1.54, 1.807) is 30.6 Å². The minimum absolute atomic E-state index is 0.0507. The molecule has 0 saturated carbocycles. The molecule has 1 unspecified atom stereocenters. The fourth-order valence-corrected chi connectivity index (χ4v) is 3.82. The normalized spacial score (nSPS) is 17.4. The molecule has 33 heavy (non-hydrogen) atoms. The molecule has 7 nitrogen and oxygen atoms in total. The van der Waals surface area contributed by atoms with Gasteiger partial charge in [-0.25, -0.2) is 0 Å². The Balaban J connectivity index is 1.75. The predicted octanol–water partition coefficient (Wildman–Crippen LogP) is 4.28. The molecule has 0 aliphatic carbocycles. The van der Waals surface area contributed by atoms with Crippen LogP contribution in [0.3, 0.4) is 0 Å². The van der Waals surface area contributed by atoms with Crippen molar-refractivity contribution >= 4 is 17.4 Å². The van der Waals surface area contributed by atoms with Gasteiger partial charge in [-0.2, -0.15) is 0 Å². The van der Waals surface area contributed by atoms with Gasteiger partial charge in [-0.15, -0.1) is 0 Å². The molecular weight excluding hydrogens is 418 g/mol. The maximum Gasteiger partial charge on any atom is 0.295 e. The third kappa shape index (κ3) is 4.77. The van der Waals surface area contributed by atoms with Crippen molar-refractivity contribution in [1.82, 2.24) is 14.9 Å². The molecule has 1 aromatic carbocycles. The minimum atomic E-state index is -0.747. The summed E-state index contributed by atoms with van der Waals surface area (Å²) in [5.41, 5.74) is 1.97. The van der Waals surface area contributed by atoms with E-state index >= 15 is 0 Å². The van der Waals surface area contributed by atoms with Gasteiger partial charge in [-0.3, -0.25) is 19.6 Å². The van der Waals surface area contributed by atoms with Gasteiger partial charge in [0.25, 0.3) is 11.7 Å². The summed E-state index contributed by atoms with van der Waals surface area (Å²) in [6, 6.07) is 13.4. The van der Waals surface area contributed by atoms with E-state index in [0.29, 0.717) is 23.5 Å². The van der Waals surface area contributed by atoms with Crippen LogP contribution in [0.25, 0.3) is 5.76 Å². The molecule has 0 bridgehead atoms. The van der Waals surface area contributed by atoms with E-state index < -0.39 is 17.7 Å². The molecule has 2 aromatic heterocycles. The van der Waals surface area contributed by atoms with Gasteiger partial charge >= 0.3 is 0 Å². The summed E-state index contributed by atoms with van der Waals surface area (Å²) in [4.78, 5) is 35.7. The number of ketones is 1. The Morgan fingerprint density at radius 2 is 1.79 bits per heavy atom. The molecule has 0 radical (unpaired) electrons. The number of likely N-dealkylation sites (tertiary alicyclic amines) is 1. The van der Waals surface area contributed by atoms with E-state index in [-0.39, 0.29) is 17.9 Å². The van der Waals surface area contributed by atoms with Gasteiger partial charge in [-0.1, -0.05) is 31.5 Å². The molecular formula is C26H25N3O4. The van der Waals surface area contributed by atoms with Gasteiger partial charge in [0.1, 0.15) is 11.5 Å². The first kappa shape index (κ1) is 22.2.